The zero-order valence-corrected chi connectivity index (χ0v) is 15.3. The van der Waals surface area contributed by atoms with Crippen molar-refractivity contribution in [3.8, 4) is 0 Å². The average Bonchev–Trinajstić information content (AvgIpc) is 3.32. The minimum atomic E-state index is -0.203. The number of hydrogen-bond donors (Lipinski definition) is 1. The maximum Gasteiger partial charge on any atom is 0.272 e. The van der Waals surface area contributed by atoms with Crippen LogP contribution in [-0.4, -0.2) is 46.0 Å². The zero-order valence-electron chi connectivity index (χ0n) is 15.3. The number of fused-ring (bicyclic) bond motifs is 1. The highest BCUT2D eigenvalue weighted by atomic mass is 16.5. The molecule has 2 aliphatic heterocycles. The Kier molecular flexibility index (Phi) is 5.20. The second kappa shape index (κ2) is 7.92. The van der Waals surface area contributed by atoms with Gasteiger partial charge in [-0.2, -0.15) is 0 Å². The van der Waals surface area contributed by atoms with E-state index >= 15 is 0 Å². The summed E-state index contributed by atoms with van der Waals surface area (Å²) in [5, 5.41) is 2.93. The van der Waals surface area contributed by atoms with Gasteiger partial charge >= 0.3 is 0 Å². The average molecular weight is 368 g/mol. The molecule has 0 saturated carbocycles. The Bertz CT molecular complexity index is 812. The number of hydrogen-bond acceptors (Lipinski definition) is 4. The molecule has 7 nitrogen and oxygen atoms in total. The molecule has 1 unspecified atom stereocenters. The SMILES string of the molecule is O=C(NCc1ccccc1)c1ncn2c1CN(C(=O)C1CCOC1)CCC2. The summed E-state index contributed by atoms with van der Waals surface area (Å²) in [7, 11) is 0. The number of nitrogens with zero attached hydrogens (tertiary/aromatic N) is 3. The second-order valence-electron chi connectivity index (χ2n) is 7.08. The fourth-order valence-electron chi connectivity index (χ4n) is 3.69. The monoisotopic (exact) mass is 368 g/mol. The maximum absolute atomic E-state index is 12.8. The molecule has 142 valence electrons. The van der Waals surface area contributed by atoms with Crippen LogP contribution in [-0.2, 0) is 29.2 Å². The quantitative estimate of drug-likeness (QED) is 0.889. The lowest BCUT2D eigenvalue weighted by Gasteiger charge is -2.23. The predicted molar refractivity (Wildman–Crippen MR) is 98.8 cm³/mol. The number of amides is 2. The number of carbonyl (C=O) groups is 2. The van der Waals surface area contributed by atoms with E-state index in [1.54, 1.807) is 6.33 Å². The molecule has 1 aromatic carbocycles. The van der Waals surface area contributed by atoms with Crippen LogP contribution in [0, 0.1) is 5.92 Å². The van der Waals surface area contributed by atoms with E-state index in [9.17, 15) is 9.59 Å². The van der Waals surface area contributed by atoms with E-state index in [0.717, 1.165) is 30.6 Å². The summed E-state index contributed by atoms with van der Waals surface area (Å²) in [6, 6.07) is 9.78. The van der Waals surface area contributed by atoms with Gasteiger partial charge in [-0.3, -0.25) is 9.59 Å². The molecule has 0 radical (unpaired) electrons. The Balaban J connectivity index is 1.47. The molecule has 3 heterocycles. The maximum atomic E-state index is 12.8. The summed E-state index contributed by atoms with van der Waals surface area (Å²) >= 11 is 0. The van der Waals surface area contributed by atoms with E-state index in [2.05, 4.69) is 10.3 Å². The highest BCUT2D eigenvalue weighted by Gasteiger charge is 2.31. The van der Waals surface area contributed by atoms with Gasteiger partial charge in [-0.25, -0.2) is 4.98 Å². The Morgan fingerprint density at radius 3 is 2.85 bits per heavy atom. The number of carbonyl (C=O) groups excluding carboxylic acids is 2. The van der Waals surface area contributed by atoms with Gasteiger partial charge in [-0.1, -0.05) is 30.3 Å². The van der Waals surface area contributed by atoms with E-state index < -0.39 is 0 Å². The summed E-state index contributed by atoms with van der Waals surface area (Å²) in [4.78, 5) is 31.7. The summed E-state index contributed by atoms with van der Waals surface area (Å²) in [6.07, 6.45) is 3.34. The van der Waals surface area contributed by atoms with Crippen LogP contribution < -0.4 is 5.32 Å². The number of nitrogens with one attached hydrogen (secondary N) is 1. The number of rotatable bonds is 4. The molecule has 27 heavy (non-hydrogen) atoms. The zero-order chi connectivity index (χ0) is 18.6. The molecule has 1 aromatic heterocycles. The summed E-state index contributed by atoms with van der Waals surface area (Å²) in [5.74, 6) is -0.140. The van der Waals surface area contributed by atoms with Crippen LogP contribution in [0.15, 0.2) is 36.7 Å². The molecule has 1 saturated heterocycles. The first kappa shape index (κ1) is 17.7. The van der Waals surface area contributed by atoms with Crippen molar-refractivity contribution < 1.29 is 14.3 Å². The van der Waals surface area contributed by atoms with Gasteiger partial charge in [-0.05, 0) is 18.4 Å². The van der Waals surface area contributed by atoms with Crippen LogP contribution in [0.2, 0.25) is 0 Å². The molecule has 0 spiro atoms. The summed E-state index contributed by atoms with van der Waals surface area (Å²) in [6.45, 7) is 3.48. The van der Waals surface area contributed by atoms with Crippen LogP contribution >= 0.6 is 0 Å². The van der Waals surface area contributed by atoms with Crippen molar-refractivity contribution in [3.63, 3.8) is 0 Å². The van der Waals surface area contributed by atoms with E-state index in [0.29, 0.717) is 38.5 Å². The van der Waals surface area contributed by atoms with E-state index in [-0.39, 0.29) is 17.7 Å². The molecule has 4 rings (SSSR count). The number of aromatic nitrogens is 2. The molecule has 1 fully saturated rings. The van der Waals surface area contributed by atoms with Gasteiger partial charge in [0.2, 0.25) is 5.91 Å². The first-order chi connectivity index (χ1) is 13.2. The lowest BCUT2D eigenvalue weighted by Crippen LogP contribution is -2.36. The van der Waals surface area contributed by atoms with E-state index in [4.69, 9.17) is 4.74 Å². The second-order valence-corrected chi connectivity index (χ2v) is 7.08. The van der Waals surface area contributed by atoms with E-state index in [1.165, 1.54) is 0 Å². The van der Waals surface area contributed by atoms with Crippen molar-refractivity contribution in [2.24, 2.45) is 5.92 Å². The normalized spacial score (nSPS) is 19.4. The summed E-state index contributed by atoms with van der Waals surface area (Å²) in [5.41, 5.74) is 2.26. The van der Waals surface area contributed by atoms with Crippen LogP contribution in [0.4, 0.5) is 0 Å². The lowest BCUT2D eigenvalue weighted by molar-refractivity contribution is -0.136. The van der Waals surface area contributed by atoms with Crippen molar-refractivity contribution in [2.75, 3.05) is 19.8 Å². The lowest BCUT2D eigenvalue weighted by atomic mass is 10.1. The molecular weight excluding hydrogens is 344 g/mol. The highest BCUT2D eigenvalue weighted by molar-refractivity contribution is 5.93. The minimum Gasteiger partial charge on any atom is -0.381 e. The number of aryl methyl sites for hydroxylation is 1. The van der Waals surface area contributed by atoms with Gasteiger partial charge in [0.15, 0.2) is 5.69 Å². The molecule has 2 aromatic rings. The summed E-state index contributed by atoms with van der Waals surface area (Å²) < 4.78 is 7.36. The minimum absolute atomic E-state index is 0.0603. The Hall–Kier alpha value is -2.67. The topological polar surface area (TPSA) is 76.5 Å². The highest BCUT2D eigenvalue weighted by Crippen LogP contribution is 2.21. The number of ether oxygens (including phenoxy) is 1. The molecule has 1 atom stereocenters. The fourth-order valence-corrected chi connectivity index (χ4v) is 3.69. The fraction of sp³-hybridized carbons (Fsp3) is 0.450. The van der Waals surface area contributed by atoms with Gasteiger partial charge in [-0.15, -0.1) is 0 Å². The smallest absolute Gasteiger partial charge is 0.272 e. The Morgan fingerprint density at radius 2 is 2.07 bits per heavy atom. The molecule has 2 amide bonds. The molecule has 7 heteroatoms. The molecular formula is C20H24N4O3. The van der Waals surface area contributed by atoms with Gasteiger partial charge in [0, 0.05) is 26.2 Å². The predicted octanol–water partition coefficient (Wildman–Crippen LogP) is 1.58. The third kappa shape index (κ3) is 3.88. The molecule has 0 aliphatic carbocycles. The number of benzene rings is 1. The van der Waals surface area contributed by atoms with Gasteiger partial charge in [0.25, 0.3) is 5.91 Å². The van der Waals surface area contributed by atoms with Gasteiger partial charge in [0.05, 0.1) is 31.1 Å². The molecule has 1 N–H and O–H groups in total. The van der Waals surface area contributed by atoms with E-state index in [1.807, 2.05) is 39.8 Å². The van der Waals surface area contributed by atoms with Crippen LogP contribution in [0.3, 0.4) is 0 Å². The van der Waals surface area contributed by atoms with Crippen LogP contribution in [0.25, 0.3) is 0 Å². The first-order valence-corrected chi connectivity index (χ1v) is 9.45. The van der Waals surface area contributed by atoms with Crippen molar-refractivity contribution in [3.05, 3.63) is 53.6 Å². The Morgan fingerprint density at radius 1 is 1.22 bits per heavy atom. The van der Waals surface area contributed by atoms with Crippen LogP contribution in [0.5, 0.6) is 0 Å². The molecule has 0 bridgehead atoms. The van der Waals surface area contributed by atoms with Crippen LogP contribution in [0.1, 0.15) is 34.6 Å². The van der Waals surface area contributed by atoms with Crippen molar-refractivity contribution in [2.45, 2.75) is 32.5 Å². The third-order valence-corrected chi connectivity index (χ3v) is 5.22. The first-order valence-electron chi connectivity index (χ1n) is 9.45. The molecule has 2 aliphatic rings. The van der Waals surface area contributed by atoms with Gasteiger partial charge < -0.3 is 19.5 Å². The largest absolute Gasteiger partial charge is 0.381 e. The number of imidazole rings is 1. The Labute approximate surface area is 158 Å². The standard InChI is InChI=1S/C20H24N4O3/c25-19(21-11-15-5-2-1-3-6-15)18-17-12-23(8-4-9-24(17)14-22-18)20(26)16-7-10-27-13-16/h1-3,5-6,14,16H,4,7-13H2,(H,21,25). The van der Waals surface area contributed by atoms with Crippen molar-refractivity contribution in [1.29, 1.82) is 0 Å². The third-order valence-electron chi connectivity index (χ3n) is 5.22. The van der Waals surface area contributed by atoms with Gasteiger partial charge in [0.1, 0.15) is 0 Å². The van der Waals surface area contributed by atoms with Crippen molar-refractivity contribution in [1.82, 2.24) is 19.8 Å². The van der Waals surface area contributed by atoms with Crippen molar-refractivity contribution >= 4 is 11.8 Å².